The number of carbonyl (C=O) groups excluding carboxylic acids is 1. The molecule has 0 fully saturated rings. The lowest BCUT2D eigenvalue weighted by Crippen LogP contribution is -2.45. The Labute approximate surface area is 456 Å². The number of hydrogen-bond acceptors (Lipinski definition) is 6. The number of hydrogen-bond donors (Lipinski definition) is 2. The summed E-state index contributed by atoms with van der Waals surface area (Å²) in [6.45, 7) is 4.41. The average molecular weight is 1050 g/mol. The zero-order valence-electron chi connectivity index (χ0n) is 48.0. The third kappa shape index (κ3) is 56.4. The van der Waals surface area contributed by atoms with Gasteiger partial charge in [-0.3, -0.25) is 9.36 Å². The molecule has 0 radical (unpaired) electrons. The lowest BCUT2D eigenvalue weighted by molar-refractivity contribution is -0.870. The molecule has 0 rings (SSSR count). The normalized spacial score (nSPS) is 14.9. The molecule has 3 atom stereocenters. The maximum Gasteiger partial charge on any atom is 0.268 e. The fourth-order valence-corrected chi connectivity index (χ4v) is 8.46. The van der Waals surface area contributed by atoms with Crippen molar-refractivity contribution in [2.75, 3.05) is 40.9 Å². The average Bonchev–Trinajstić information content (AvgIpc) is 3.36. The molecule has 8 nitrogen and oxygen atoms in total. The molecule has 0 saturated carbocycles. The van der Waals surface area contributed by atoms with E-state index in [0.29, 0.717) is 17.4 Å². The lowest BCUT2D eigenvalue weighted by atomic mass is 10.0. The Morgan fingerprint density at radius 3 is 1.24 bits per heavy atom. The fraction of sp³-hybridized carbons (Fsp3) is 0.646. The molecule has 0 spiro atoms. The Morgan fingerprint density at radius 1 is 0.486 bits per heavy atom. The molecule has 0 saturated heterocycles. The topological polar surface area (TPSA) is 108 Å². The molecule has 9 heteroatoms. The van der Waals surface area contributed by atoms with E-state index in [2.05, 4.69) is 141 Å². The number of rotatable bonds is 52. The standard InChI is InChI=1S/C65H111N2O6P/c1-6-8-10-12-14-16-18-19-20-21-22-23-24-25-26-27-28-29-30-31-32-33-34-35-36-37-38-39-40-41-42-43-44-45-46-47-49-51-53-55-57-59-65(69)66-63(62-73-74(70,71)72-61-60-67(3,4)5)64(68)58-56-54-52-50-48-17-15-13-11-9-7-2/h8,10-11,13-14,16,19-20,22-23,25-26,28-29,31-32,34-35,48,50,56,58,63-64,68H,6-7,9,12,15,17-18,21,24,27,30,33,36-47,49,51-55,57,59-62H2,1-5H3,(H-,66,69,70,71)/b10-8-,13-11+,16-14-,20-19-,23-22-,26-25-,29-28-,32-31-,35-34-,50-48+,58-56+. The summed E-state index contributed by atoms with van der Waals surface area (Å²) in [4.78, 5) is 25.4. The lowest BCUT2D eigenvalue weighted by Gasteiger charge is -2.29. The second-order valence-corrected chi connectivity index (χ2v) is 22.0. The Balaban J connectivity index is 3.97. The number of carbonyl (C=O) groups is 1. The number of nitrogens with one attached hydrogen (secondary N) is 1. The van der Waals surface area contributed by atoms with E-state index in [-0.39, 0.29) is 12.5 Å². The van der Waals surface area contributed by atoms with Crippen LogP contribution in [0, 0.1) is 0 Å². The first-order chi connectivity index (χ1) is 36.0. The number of aliphatic hydroxyl groups is 1. The van der Waals surface area contributed by atoms with Gasteiger partial charge in [0.05, 0.1) is 39.9 Å². The minimum absolute atomic E-state index is 0.0140. The predicted molar refractivity (Wildman–Crippen MR) is 320 cm³/mol. The first kappa shape index (κ1) is 70.6. The maximum absolute atomic E-state index is 12.9. The molecule has 3 unspecified atom stereocenters. The van der Waals surface area contributed by atoms with Crippen molar-refractivity contribution in [3.63, 3.8) is 0 Å². The fourth-order valence-electron chi connectivity index (χ4n) is 7.74. The number of likely N-dealkylation sites (N-methyl/N-ethyl adjacent to an activating group) is 1. The molecule has 2 N–H and O–H groups in total. The van der Waals surface area contributed by atoms with Gasteiger partial charge in [-0.25, -0.2) is 0 Å². The SMILES string of the molecule is CC/C=C\C/C=C\C/C=C\C/C=C\C/C=C\C/C=C\C/C=C\C/C=C\CCCCCCCCCCCCCCCCCCC(=O)NC(COP(=O)([O-])OCC[N+](C)(C)C)C(O)/C=C/CC/C=C/CC/C=C/CCC. The molecule has 1 amide bonds. The minimum atomic E-state index is -4.61. The van der Waals surface area contributed by atoms with Gasteiger partial charge in [0.15, 0.2) is 0 Å². The van der Waals surface area contributed by atoms with Crippen LogP contribution in [0.5, 0.6) is 0 Å². The number of aliphatic hydroxyl groups excluding tert-OH is 1. The smallest absolute Gasteiger partial charge is 0.268 e. The number of amides is 1. The summed E-state index contributed by atoms with van der Waals surface area (Å²) in [5.74, 6) is -0.218. The van der Waals surface area contributed by atoms with E-state index in [4.69, 9.17) is 9.05 Å². The molecule has 74 heavy (non-hydrogen) atoms. The number of unbranched alkanes of at least 4 members (excludes halogenated alkanes) is 19. The summed E-state index contributed by atoms with van der Waals surface area (Å²) < 4.78 is 23.2. The highest BCUT2D eigenvalue weighted by Crippen LogP contribution is 2.38. The monoisotopic (exact) mass is 1050 g/mol. The van der Waals surface area contributed by atoms with Crippen LogP contribution in [0.25, 0.3) is 0 Å². The third-order valence-corrected chi connectivity index (χ3v) is 13.3. The zero-order chi connectivity index (χ0) is 54.2. The Hall–Kier alpha value is -3.36. The number of quaternary nitrogens is 1. The van der Waals surface area contributed by atoms with E-state index in [1.54, 1.807) is 6.08 Å². The van der Waals surface area contributed by atoms with E-state index >= 15 is 0 Å². The minimum Gasteiger partial charge on any atom is -0.756 e. The highest BCUT2D eigenvalue weighted by Gasteiger charge is 2.23. The molecule has 0 aromatic heterocycles. The van der Waals surface area contributed by atoms with Crippen LogP contribution in [0.1, 0.15) is 219 Å². The Bertz CT molecular complexity index is 1660. The number of phosphoric acid groups is 1. The van der Waals surface area contributed by atoms with Crippen LogP contribution in [-0.4, -0.2) is 68.5 Å². The van der Waals surface area contributed by atoms with Gasteiger partial charge < -0.3 is 28.8 Å². The van der Waals surface area contributed by atoms with E-state index in [1.165, 1.54) is 89.9 Å². The van der Waals surface area contributed by atoms with Gasteiger partial charge >= 0.3 is 0 Å². The second-order valence-electron chi connectivity index (χ2n) is 20.6. The van der Waals surface area contributed by atoms with Gasteiger partial charge in [-0.05, 0) is 103 Å². The van der Waals surface area contributed by atoms with Crippen molar-refractivity contribution in [2.45, 2.75) is 231 Å². The van der Waals surface area contributed by atoms with Gasteiger partial charge in [-0.2, -0.15) is 0 Å². The van der Waals surface area contributed by atoms with Gasteiger partial charge in [0.1, 0.15) is 13.2 Å². The number of nitrogens with zero attached hydrogens (tertiary/aromatic N) is 1. The molecule has 422 valence electrons. The van der Waals surface area contributed by atoms with Crippen LogP contribution in [-0.2, 0) is 18.4 Å². The first-order valence-corrected chi connectivity index (χ1v) is 31.0. The molecule has 0 aliphatic carbocycles. The summed E-state index contributed by atoms with van der Waals surface area (Å²) >= 11 is 0. The van der Waals surface area contributed by atoms with Crippen molar-refractivity contribution in [3.05, 3.63) is 134 Å². The zero-order valence-corrected chi connectivity index (χ0v) is 48.9. The largest absolute Gasteiger partial charge is 0.756 e. The number of phosphoric ester groups is 1. The van der Waals surface area contributed by atoms with Crippen LogP contribution in [0.15, 0.2) is 134 Å². The van der Waals surface area contributed by atoms with Crippen molar-refractivity contribution in [1.82, 2.24) is 5.32 Å². The highest BCUT2D eigenvalue weighted by molar-refractivity contribution is 7.45. The molecule has 0 aromatic carbocycles. The summed E-state index contributed by atoms with van der Waals surface area (Å²) in [5.41, 5.74) is 0. The second kappa shape index (κ2) is 54.4. The van der Waals surface area contributed by atoms with Crippen LogP contribution < -0.4 is 10.2 Å². The van der Waals surface area contributed by atoms with Crippen molar-refractivity contribution in [2.24, 2.45) is 0 Å². The summed E-state index contributed by atoms with van der Waals surface area (Å²) in [7, 11) is 1.22. The third-order valence-electron chi connectivity index (χ3n) is 12.3. The Morgan fingerprint density at radius 2 is 0.838 bits per heavy atom. The summed E-state index contributed by atoms with van der Waals surface area (Å²) in [6.07, 6.45) is 82.8. The summed E-state index contributed by atoms with van der Waals surface area (Å²) in [6, 6.07) is -0.915. The quantitative estimate of drug-likeness (QED) is 0.0272. The van der Waals surface area contributed by atoms with E-state index in [0.717, 1.165) is 109 Å². The molecule has 0 bridgehead atoms. The predicted octanol–water partition coefficient (Wildman–Crippen LogP) is 17.7. The van der Waals surface area contributed by atoms with Crippen LogP contribution in [0.4, 0.5) is 0 Å². The van der Waals surface area contributed by atoms with Gasteiger partial charge in [-0.15, -0.1) is 0 Å². The van der Waals surface area contributed by atoms with E-state index in [1.807, 2.05) is 27.2 Å². The van der Waals surface area contributed by atoms with Crippen molar-refractivity contribution in [3.8, 4) is 0 Å². The molecular weight excluding hydrogens is 936 g/mol. The summed E-state index contributed by atoms with van der Waals surface area (Å²) in [5, 5.41) is 13.8. The van der Waals surface area contributed by atoms with Gasteiger partial charge in [0.25, 0.3) is 7.82 Å². The Kier molecular flexibility index (Phi) is 52.0. The molecule has 0 aliphatic rings. The number of allylic oxidation sites excluding steroid dienone is 21. The van der Waals surface area contributed by atoms with E-state index in [9.17, 15) is 19.4 Å². The van der Waals surface area contributed by atoms with Crippen LogP contribution in [0.2, 0.25) is 0 Å². The van der Waals surface area contributed by atoms with Crippen molar-refractivity contribution < 1.29 is 32.9 Å². The molecule has 0 aliphatic heterocycles. The molecule has 0 aromatic rings. The van der Waals surface area contributed by atoms with Gasteiger partial charge in [0, 0.05) is 6.42 Å². The first-order valence-electron chi connectivity index (χ1n) is 29.5. The van der Waals surface area contributed by atoms with Gasteiger partial charge in [-0.1, -0.05) is 244 Å². The molecule has 0 heterocycles. The van der Waals surface area contributed by atoms with Crippen molar-refractivity contribution in [1.29, 1.82) is 0 Å². The van der Waals surface area contributed by atoms with E-state index < -0.39 is 26.6 Å². The van der Waals surface area contributed by atoms with Gasteiger partial charge in [0.2, 0.25) is 5.91 Å². The van der Waals surface area contributed by atoms with Crippen molar-refractivity contribution >= 4 is 13.7 Å². The van der Waals surface area contributed by atoms with Crippen LogP contribution >= 0.6 is 7.82 Å². The molecular formula is C65H111N2O6P. The maximum atomic E-state index is 12.9. The van der Waals surface area contributed by atoms with Crippen LogP contribution in [0.3, 0.4) is 0 Å². The highest BCUT2D eigenvalue weighted by atomic mass is 31.2.